The van der Waals surface area contributed by atoms with E-state index in [2.05, 4.69) is 5.32 Å². The molecular weight excluding hydrogens is 232 g/mol. The zero-order valence-electron chi connectivity index (χ0n) is 11.0. The molecule has 1 rings (SSSR count). The number of para-hydroxylation sites is 2. The van der Waals surface area contributed by atoms with Crippen molar-refractivity contribution in [1.82, 2.24) is 0 Å². The van der Waals surface area contributed by atoms with Crippen LogP contribution in [0.3, 0.4) is 0 Å². The lowest BCUT2D eigenvalue weighted by Crippen LogP contribution is -2.51. The number of amides is 1. The van der Waals surface area contributed by atoms with Crippen molar-refractivity contribution < 1.29 is 14.3 Å². The first kappa shape index (κ1) is 14.3. The molecule has 0 saturated carbocycles. The van der Waals surface area contributed by atoms with E-state index in [1.54, 1.807) is 14.0 Å². The van der Waals surface area contributed by atoms with Gasteiger partial charge in [-0.15, -0.1) is 0 Å². The van der Waals surface area contributed by atoms with Gasteiger partial charge in [-0.05, 0) is 26.0 Å². The van der Waals surface area contributed by atoms with Gasteiger partial charge in [0.15, 0.2) is 0 Å². The number of nitrogens with two attached hydrogens (primary N) is 1. The van der Waals surface area contributed by atoms with E-state index in [-0.39, 0.29) is 6.61 Å². The molecule has 1 amide bonds. The number of hydrogen-bond donors (Lipinski definition) is 2. The van der Waals surface area contributed by atoms with Crippen molar-refractivity contribution in [3.05, 3.63) is 24.3 Å². The molecule has 0 aromatic heterocycles. The van der Waals surface area contributed by atoms with Gasteiger partial charge in [0.2, 0.25) is 5.91 Å². The van der Waals surface area contributed by atoms with Crippen LogP contribution < -0.4 is 15.8 Å². The van der Waals surface area contributed by atoms with E-state index in [4.69, 9.17) is 15.2 Å². The Morgan fingerprint density at radius 2 is 2.11 bits per heavy atom. The van der Waals surface area contributed by atoms with Crippen LogP contribution in [0.25, 0.3) is 0 Å². The van der Waals surface area contributed by atoms with Gasteiger partial charge >= 0.3 is 0 Å². The van der Waals surface area contributed by atoms with Gasteiger partial charge in [0.1, 0.15) is 11.3 Å². The molecule has 100 valence electrons. The molecule has 0 radical (unpaired) electrons. The Morgan fingerprint density at radius 3 is 2.67 bits per heavy atom. The highest BCUT2D eigenvalue weighted by molar-refractivity contribution is 5.88. The standard InChI is InChI=1S/C13H20N2O3/c1-4-18-9-13(2,12(14)16)15-10-7-5-6-8-11(10)17-3/h5-8,15H,4,9H2,1-3H3,(H2,14,16). The van der Waals surface area contributed by atoms with E-state index >= 15 is 0 Å². The maximum atomic E-state index is 11.6. The Labute approximate surface area is 107 Å². The molecule has 0 heterocycles. The summed E-state index contributed by atoms with van der Waals surface area (Å²) in [5, 5.41) is 3.08. The fraction of sp³-hybridized carbons (Fsp3) is 0.462. The van der Waals surface area contributed by atoms with Crippen LogP contribution in [0.1, 0.15) is 13.8 Å². The van der Waals surface area contributed by atoms with E-state index < -0.39 is 11.4 Å². The lowest BCUT2D eigenvalue weighted by molar-refractivity contribution is -0.123. The van der Waals surface area contributed by atoms with Gasteiger partial charge in [0, 0.05) is 6.61 Å². The molecule has 1 aromatic carbocycles. The molecule has 0 spiro atoms. The second kappa shape index (κ2) is 6.26. The van der Waals surface area contributed by atoms with Crippen molar-refractivity contribution >= 4 is 11.6 Å². The highest BCUT2D eigenvalue weighted by Crippen LogP contribution is 2.26. The first-order chi connectivity index (χ1) is 8.53. The number of benzene rings is 1. The minimum Gasteiger partial charge on any atom is -0.495 e. The molecule has 0 fully saturated rings. The predicted molar refractivity (Wildman–Crippen MR) is 70.7 cm³/mol. The maximum absolute atomic E-state index is 11.6. The van der Waals surface area contributed by atoms with Gasteiger partial charge in [-0.2, -0.15) is 0 Å². The van der Waals surface area contributed by atoms with Crippen molar-refractivity contribution in [3.63, 3.8) is 0 Å². The summed E-state index contributed by atoms with van der Waals surface area (Å²) in [6.07, 6.45) is 0. The molecule has 0 aliphatic heterocycles. The lowest BCUT2D eigenvalue weighted by Gasteiger charge is -2.28. The molecule has 0 aliphatic rings. The van der Waals surface area contributed by atoms with Crippen LogP contribution in [0, 0.1) is 0 Å². The summed E-state index contributed by atoms with van der Waals surface area (Å²) in [5.41, 5.74) is 5.17. The minimum absolute atomic E-state index is 0.205. The SMILES string of the molecule is CCOCC(C)(Nc1ccccc1OC)C(N)=O. The zero-order chi connectivity index (χ0) is 13.6. The summed E-state index contributed by atoms with van der Waals surface area (Å²) in [7, 11) is 1.57. The third kappa shape index (κ3) is 3.37. The molecule has 0 saturated heterocycles. The number of hydrogen-bond acceptors (Lipinski definition) is 4. The molecule has 1 unspecified atom stereocenters. The van der Waals surface area contributed by atoms with Gasteiger partial charge in [0.25, 0.3) is 0 Å². The van der Waals surface area contributed by atoms with Crippen LogP contribution in [0.4, 0.5) is 5.69 Å². The van der Waals surface area contributed by atoms with Crippen LogP contribution >= 0.6 is 0 Å². The van der Waals surface area contributed by atoms with E-state index in [0.29, 0.717) is 18.0 Å². The fourth-order valence-electron chi connectivity index (χ4n) is 1.52. The molecule has 1 aromatic rings. The van der Waals surface area contributed by atoms with E-state index in [0.717, 1.165) is 0 Å². The van der Waals surface area contributed by atoms with E-state index in [1.165, 1.54) is 0 Å². The number of methoxy groups -OCH3 is 1. The van der Waals surface area contributed by atoms with Crippen LogP contribution in [-0.2, 0) is 9.53 Å². The number of carbonyl (C=O) groups excluding carboxylic acids is 1. The number of nitrogens with one attached hydrogen (secondary N) is 1. The molecule has 5 heteroatoms. The van der Waals surface area contributed by atoms with Gasteiger partial charge in [-0.3, -0.25) is 4.79 Å². The molecular formula is C13H20N2O3. The van der Waals surface area contributed by atoms with Gasteiger partial charge in [-0.25, -0.2) is 0 Å². The van der Waals surface area contributed by atoms with E-state index in [1.807, 2.05) is 31.2 Å². The first-order valence-electron chi connectivity index (χ1n) is 5.82. The summed E-state index contributed by atoms with van der Waals surface area (Å²) in [6.45, 7) is 4.30. The van der Waals surface area contributed by atoms with Crippen molar-refractivity contribution in [1.29, 1.82) is 0 Å². The Balaban J connectivity index is 2.92. The second-order valence-electron chi connectivity index (χ2n) is 4.16. The van der Waals surface area contributed by atoms with Crippen molar-refractivity contribution in [2.75, 3.05) is 25.6 Å². The van der Waals surface area contributed by atoms with Crippen LogP contribution in [0.15, 0.2) is 24.3 Å². The molecule has 18 heavy (non-hydrogen) atoms. The Hall–Kier alpha value is -1.75. The maximum Gasteiger partial charge on any atom is 0.245 e. The quantitative estimate of drug-likeness (QED) is 0.769. The van der Waals surface area contributed by atoms with Gasteiger partial charge in [0.05, 0.1) is 19.4 Å². The molecule has 3 N–H and O–H groups in total. The smallest absolute Gasteiger partial charge is 0.245 e. The molecule has 0 aliphatic carbocycles. The summed E-state index contributed by atoms with van der Waals surface area (Å²) in [6, 6.07) is 7.34. The Kier molecular flexibility index (Phi) is 4.97. The number of rotatable bonds is 7. The average molecular weight is 252 g/mol. The Bertz CT molecular complexity index is 409. The topological polar surface area (TPSA) is 73.6 Å². The largest absolute Gasteiger partial charge is 0.495 e. The normalized spacial score (nSPS) is 13.7. The van der Waals surface area contributed by atoms with Crippen LogP contribution in [0.5, 0.6) is 5.75 Å². The minimum atomic E-state index is -0.968. The number of anilines is 1. The number of ether oxygens (including phenoxy) is 2. The van der Waals surface area contributed by atoms with E-state index in [9.17, 15) is 4.79 Å². The highest BCUT2D eigenvalue weighted by Gasteiger charge is 2.32. The number of carbonyl (C=O) groups is 1. The third-order valence-electron chi connectivity index (χ3n) is 2.66. The second-order valence-corrected chi connectivity index (χ2v) is 4.16. The van der Waals surface area contributed by atoms with Crippen molar-refractivity contribution in [2.45, 2.75) is 19.4 Å². The third-order valence-corrected chi connectivity index (χ3v) is 2.66. The molecule has 5 nitrogen and oxygen atoms in total. The predicted octanol–water partition coefficient (Wildman–Crippen LogP) is 1.39. The summed E-state index contributed by atoms with van der Waals surface area (Å²) >= 11 is 0. The summed E-state index contributed by atoms with van der Waals surface area (Å²) < 4.78 is 10.5. The summed E-state index contributed by atoms with van der Waals surface area (Å²) in [5.74, 6) is 0.184. The fourth-order valence-corrected chi connectivity index (χ4v) is 1.52. The van der Waals surface area contributed by atoms with Gasteiger partial charge in [-0.1, -0.05) is 12.1 Å². The molecule has 1 atom stereocenters. The van der Waals surface area contributed by atoms with Crippen molar-refractivity contribution in [2.24, 2.45) is 5.73 Å². The van der Waals surface area contributed by atoms with Crippen molar-refractivity contribution in [3.8, 4) is 5.75 Å². The first-order valence-corrected chi connectivity index (χ1v) is 5.82. The summed E-state index contributed by atoms with van der Waals surface area (Å²) in [4.78, 5) is 11.6. The average Bonchev–Trinajstić information content (AvgIpc) is 2.37. The molecule has 0 bridgehead atoms. The highest BCUT2D eigenvalue weighted by atomic mass is 16.5. The lowest BCUT2D eigenvalue weighted by atomic mass is 10.0. The number of primary amides is 1. The Morgan fingerprint density at radius 1 is 1.44 bits per heavy atom. The monoisotopic (exact) mass is 252 g/mol. The van der Waals surface area contributed by atoms with Crippen LogP contribution in [-0.4, -0.2) is 31.8 Å². The zero-order valence-corrected chi connectivity index (χ0v) is 11.0. The van der Waals surface area contributed by atoms with Crippen LogP contribution in [0.2, 0.25) is 0 Å². The van der Waals surface area contributed by atoms with Gasteiger partial charge < -0.3 is 20.5 Å².